The highest BCUT2D eigenvalue weighted by Gasteiger charge is 2.18. The minimum atomic E-state index is -3.63. The van der Waals surface area contributed by atoms with Crippen molar-refractivity contribution in [2.24, 2.45) is 0 Å². The van der Waals surface area contributed by atoms with Crippen molar-refractivity contribution in [2.75, 3.05) is 11.0 Å². The quantitative estimate of drug-likeness (QED) is 0.372. The van der Waals surface area contributed by atoms with Crippen molar-refractivity contribution in [2.45, 2.75) is 20.0 Å². The van der Waals surface area contributed by atoms with E-state index >= 15 is 0 Å². The molecule has 0 bridgehead atoms. The van der Waals surface area contributed by atoms with E-state index in [0.717, 1.165) is 10.9 Å². The lowest BCUT2D eigenvalue weighted by Crippen LogP contribution is -2.29. The summed E-state index contributed by atoms with van der Waals surface area (Å²) >= 11 is 18.5. The van der Waals surface area contributed by atoms with Gasteiger partial charge >= 0.3 is 11.4 Å². The fourth-order valence-corrected chi connectivity index (χ4v) is 4.72. The summed E-state index contributed by atoms with van der Waals surface area (Å²) in [6, 6.07) is 9.44. The van der Waals surface area contributed by atoms with Crippen LogP contribution in [0.5, 0.6) is 0 Å². The van der Waals surface area contributed by atoms with Gasteiger partial charge in [0.2, 0.25) is 10.0 Å². The van der Waals surface area contributed by atoms with Crippen molar-refractivity contribution in [3.8, 4) is 11.4 Å². The molecule has 4 aromatic rings. The molecule has 0 unspecified atom stereocenters. The Morgan fingerprint density at radius 2 is 1.63 bits per heavy atom. The maximum absolute atomic E-state index is 13.1. The summed E-state index contributed by atoms with van der Waals surface area (Å²) in [4.78, 5) is 25.9. The highest BCUT2D eigenvalue weighted by atomic mass is 35.5. The SMILES string of the molecule is Cc1nn(-c2cc(NS(C)(=O)=O)c(Cl)cc2Cl)c(=O)n1CCn1cnn(-c2ccccc2Cl)c1=O. The lowest BCUT2D eigenvalue weighted by molar-refractivity contribution is 0.540. The van der Waals surface area contributed by atoms with Gasteiger partial charge in [-0.25, -0.2) is 18.0 Å². The van der Waals surface area contributed by atoms with E-state index in [9.17, 15) is 18.0 Å². The van der Waals surface area contributed by atoms with Crippen LogP contribution in [0.25, 0.3) is 11.4 Å². The lowest BCUT2D eigenvalue weighted by atomic mass is 10.3. The van der Waals surface area contributed by atoms with Crippen molar-refractivity contribution >= 4 is 50.5 Å². The first-order valence-electron chi connectivity index (χ1n) is 9.99. The lowest BCUT2D eigenvalue weighted by Gasteiger charge is -2.10. The Kier molecular flexibility index (Phi) is 6.82. The summed E-state index contributed by atoms with van der Waals surface area (Å²) in [6.45, 7) is 1.86. The van der Waals surface area contributed by atoms with Crippen LogP contribution < -0.4 is 16.1 Å². The van der Waals surface area contributed by atoms with Crippen molar-refractivity contribution in [3.05, 3.63) is 84.6 Å². The zero-order valence-electron chi connectivity index (χ0n) is 18.3. The Hall–Kier alpha value is -3.06. The standard InChI is InChI=1S/C20H18Cl3N7O4S/c1-12-25-30(18-10-16(26-35(2,33)34)14(22)9-15(18)23)20(32)28(12)8-7-27-11-24-29(19(27)31)17-6-4-3-5-13(17)21/h3-6,9-11,26H,7-8H2,1-2H3. The first-order chi connectivity index (χ1) is 16.5. The Balaban J connectivity index is 1.64. The second-order valence-electron chi connectivity index (χ2n) is 7.52. The fourth-order valence-electron chi connectivity index (χ4n) is 3.37. The van der Waals surface area contributed by atoms with Crippen LogP contribution in [0, 0.1) is 6.92 Å². The number of benzene rings is 2. The third kappa shape index (κ3) is 5.15. The van der Waals surface area contributed by atoms with Crippen LogP contribution in [0.1, 0.15) is 5.82 Å². The van der Waals surface area contributed by atoms with E-state index in [1.54, 1.807) is 31.2 Å². The van der Waals surface area contributed by atoms with E-state index < -0.39 is 21.4 Å². The molecule has 15 heteroatoms. The van der Waals surface area contributed by atoms with Gasteiger partial charge in [0.05, 0.1) is 38.4 Å². The van der Waals surface area contributed by atoms with E-state index in [1.165, 1.54) is 32.3 Å². The highest BCUT2D eigenvalue weighted by Crippen LogP contribution is 2.31. The Bertz CT molecular complexity index is 1650. The maximum atomic E-state index is 13.1. The Morgan fingerprint density at radius 1 is 0.914 bits per heavy atom. The van der Waals surface area contributed by atoms with Gasteiger partial charge < -0.3 is 0 Å². The third-order valence-electron chi connectivity index (χ3n) is 4.99. The predicted octanol–water partition coefficient (Wildman–Crippen LogP) is 2.72. The molecule has 0 aliphatic carbocycles. The number of rotatable bonds is 7. The molecule has 2 aromatic carbocycles. The molecule has 0 amide bonds. The summed E-state index contributed by atoms with van der Waals surface area (Å²) in [5.41, 5.74) is -0.337. The van der Waals surface area contributed by atoms with Gasteiger partial charge in [0.15, 0.2) is 0 Å². The molecule has 2 heterocycles. The number of halogens is 3. The molecule has 0 fully saturated rings. The molecule has 0 radical (unpaired) electrons. The number of sulfonamides is 1. The first-order valence-corrected chi connectivity index (χ1v) is 13.0. The third-order valence-corrected chi connectivity index (χ3v) is 6.51. The summed E-state index contributed by atoms with van der Waals surface area (Å²) in [5, 5.41) is 8.88. The number of hydrogen-bond donors (Lipinski definition) is 1. The largest absolute Gasteiger partial charge is 0.350 e. The van der Waals surface area contributed by atoms with Crippen molar-refractivity contribution in [1.29, 1.82) is 0 Å². The van der Waals surface area contributed by atoms with Crippen LogP contribution in [0.2, 0.25) is 15.1 Å². The molecular formula is C20H18Cl3N7O4S. The molecule has 0 spiro atoms. The van der Waals surface area contributed by atoms with Crippen molar-refractivity contribution in [1.82, 2.24) is 28.7 Å². The van der Waals surface area contributed by atoms with Gasteiger partial charge in [-0.05, 0) is 31.2 Å². The minimum absolute atomic E-state index is 0.0474. The zero-order valence-corrected chi connectivity index (χ0v) is 21.4. The van der Waals surface area contributed by atoms with Crippen LogP contribution in [0.4, 0.5) is 5.69 Å². The normalized spacial score (nSPS) is 11.7. The Labute approximate surface area is 214 Å². The van der Waals surface area contributed by atoms with Gasteiger partial charge in [-0.2, -0.15) is 19.6 Å². The first kappa shape index (κ1) is 25.0. The molecule has 0 atom stereocenters. The molecule has 2 aromatic heterocycles. The molecule has 35 heavy (non-hydrogen) atoms. The summed E-state index contributed by atoms with van der Waals surface area (Å²) in [7, 11) is -3.63. The number of aromatic nitrogens is 6. The van der Waals surface area contributed by atoms with Crippen LogP contribution in [-0.4, -0.2) is 43.4 Å². The number of nitrogens with zero attached hydrogens (tertiary/aromatic N) is 6. The molecule has 4 rings (SSSR count). The van der Waals surface area contributed by atoms with E-state index in [1.807, 2.05) is 0 Å². The molecule has 11 nitrogen and oxygen atoms in total. The monoisotopic (exact) mass is 557 g/mol. The zero-order chi connectivity index (χ0) is 25.5. The second-order valence-corrected chi connectivity index (χ2v) is 10.5. The van der Waals surface area contributed by atoms with Gasteiger partial charge in [-0.1, -0.05) is 46.9 Å². The van der Waals surface area contributed by atoms with Crippen molar-refractivity contribution < 1.29 is 8.42 Å². The molecule has 0 aliphatic rings. The topological polar surface area (TPSA) is 126 Å². The molecular weight excluding hydrogens is 541 g/mol. The van der Waals surface area contributed by atoms with Crippen molar-refractivity contribution in [3.63, 3.8) is 0 Å². The number of aryl methyl sites for hydroxylation is 2. The number of hydrogen-bond acceptors (Lipinski definition) is 6. The highest BCUT2D eigenvalue weighted by molar-refractivity contribution is 7.92. The van der Waals surface area contributed by atoms with E-state index in [4.69, 9.17) is 34.8 Å². The van der Waals surface area contributed by atoms with Crippen LogP contribution >= 0.6 is 34.8 Å². The smallest absolute Gasteiger partial charge is 0.282 e. The van der Waals surface area contributed by atoms with Gasteiger partial charge in [0, 0.05) is 13.1 Å². The van der Waals surface area contributed by atoms with Crippen LogP contribution in [0.15, 0.2) is 52.3 Å². The van der Waals surface area contributed by atoms with Crippen LogP contribution in [-0.2, 0) is 23.1 Å². The second kappa shape index (κ2) is 9.53. The molecule has 0 saturated carbocycles. The summed E-state index contributed by atoms with van der Waals surface area (Å²) in [5.74, 6) is 0.352. The van der Waals surface area contributed by atoms with Gasteiger partial charge in [-0.3, -0.25) is 13.9 Å². The number of para-hydroxylation sites is 1. The average Bonchev–Trinajstić information content (AvgIpc) is 3.27. The average molecular weight is 559 g/mol. The molecule has 0 saturated heterocycles. The predicted molar refractivity (Wildman–Crippen MR) is 134 cm³/mol. The number of nitrogens with one attached hydrogen (secondary N) is 1. The molecule has 0 aliphatic heterocycles. The van der Waals surface area contributed by atoms with Gasteiger partial charge in [0.25, 0.3) is 0 Å². The van der Waals surface area contributed by atoms with E-state index in [2.05, 4.69) is 14.9 Å². The number of anilines is 1. The van der Waals surface area contributed by atoms with Crippen LogP contribution in [0.3, 0.4) is 0 Å². The molecule has 1 N–H and O–H groups in total. The minimum Gasteiger partial charge on any atom is -0.282 e. The Morgan fingerprint density at radius 3 is 2.31 bits per heavy atom. The van der Waals surface area contributed by atoms with E-state index in [0.29, 0.717) is 16.5 Å². The fraction of sp³-hybridized carbons (Fsp3) is 0.200. The maximum Gasteiger partial charge on any atom is 0.350 e. The van der Waals surface area contributed by atoms with Gasteiger partial charge in [0.1, 0.15) is 12.2 Å². The summed E-state index contributed by atoms with van der Waals surface area (Å²) < 4.78 is 30.5. The van der Waals surface area contributed by atoms with Gasteiger partial charge in [-0.15, -0.1) is 0 Å². The molecule has 184 valence electrons. The van der Waals surface area contributed by atoms with E-state index in [-0.39, 0.29) is 34.5 Å². The summed E-state index contributed by atoms with van der Waals surface area (Å²) in [6.07, 6.45) is 2.33.